The van der Waals surface area contributed by atoms with Crippen molar-refractivity contribution < 1.29 is 19.0 Å². The highest BCUT2D eigenvalue weighted by Gasteiger charge is 2.17. The number of carbonyl (C=O) groups is 1. The molecule has 5 heteroatoms. The average Bonchev–Trinajstić information content (AvgIpc) is 2.62. The van der Waals surface area contributed by atoms with Gasteiger partial charge in [-0.25, -0.2) is 0 Å². The maximum absolute atomic E-state index is 12.3. The molecule has 0 aromatic heterocycles. The van der Waals surface area contributed by atoms with E-state index in [1.165, 1.54) is 0 Å². The molecule has 0 aliphatic heterocycles. The summed E-state index contributed by atoms with van der Waals surface area (Å²) in [5.41, 5.74) is 2.31. The molecular weight excluding hydrogens is 330 g/mol. The Labute approximate surface area is 155 Å². The summed E-state index contributed by atoms with van der Waals surface area (Å²) in [5, 5.41) is 2.86. The molecule has 0 fully saturated rings. The maximum atomic E-state index is 12.3. The van der Waals surface area contributed by atoms with Crippen LogP contribution >= 0.6 is 0 Å². The highest BCUT2D eigenvalue weighted by molar-refractivity contribution is 5.81. The minimum Gasteiger partial charge on any atom is -0.497 e. The highest BCUT2D eigenvalue weighted by Crippen LogP contribution is 2.19. The van der Waals surface area contributed by atoms with Gasteiger partial charge in [0.2, 0.25) is 0 Å². The van der Waals surface area contributed by atoms with E-state index in [4.69, 9.17) is 14.2 Å². The lowest BCUT2D eigenvalue weighted by molar-refractivity contribution is -0.128. The SMILES string of the molecule is CCC(Oc1ccc(OC)cc1)C(=O)NCCOc1cc(C)cc(C)c1. The van der Waals surface area contributed by atoms with E-state index < -0.39 is 6.10 Å². The Morgan fingerprint density at radius 3 is 2.19 bits per heavy atom. The van der Waals surface area contributed by atoms with Crippen LogP contribution in [0.5, 0.6) is 17.2 Å². The molecule has 2 aromatic rings. The van der Waals surface area contributed by atoms with Crippen LogP contribution in [-0.4, -0.2) is 32.3 Å². The van der Waals surface area contributed by atoms with Gasteiger partial charge in [-0.1, -0.05) is 13.0 Å². The smallest absolute Gasteiger partial charge is 0.261 e. The number of amides is 1. The predicted molar refractivity (Wildman–Crippen MR) is 102 cm³/mol. The Kier molecular flexibility index (Phi) is 7.33. The second kappa shape index (κ2) is 9.70. The van der Waals surface area contributed by atoms with E-state index in [9.17, 15) is 4.79 Å². The third-order valence-corrected chi connectivity index (χ3v) is 3.87. The number of methoxy groups -OCH3 is 1. The molecule has 0 radical (unpaired) electrons. The number of rotatable bonds is 9. The number of aryl methyl sites for hydroxylation is 2. The zero-order valence-corrected chi connectivity index (χ0v) is 15.9. The Hall–Kier alpha value is -2.69. The second-order valence-corrected chi connectivity index (χ2v) is 6.15. The van der Waals surface area contributed by atoms with Gasteiger partial charge in [-0.05, 0) is 67.8 Å². The molecule has 0 aliphatic rings. The largest absolute Gasteiger partial charge is 0.497 e. The van der Waals surface area contributed by atoms with Crippen molar-refractivity contribution in [2.45, 2.75) is 33.3 Å². The van der Waals surface area contributed by atoms with Gasteiger partial charge in [0, 0.05) is 0 Å². The van der Waals surface area contributed by atoms with Crippen LogP contribution < -0.4 is 19.5 Å². The number of benzene rings is 2. The lowest BCUT2D eigenvalue weighted by atomic mass is 10.1. The zero-order valence-electron chi connectivity index (χ0n) is 15.9. The number of nitrogens with one attached hydrogen (secondary N) is 1. The first-order chi connectivity index (χ1) is 12.5. The maximum Gasteiger partial charge on any atom is 0.261 e. The molecule has 0 saturated carbocycles. The molecule has 2 aromatic carbocycles. The topological polar surface area (TPSA) is 56.8 Å². The van der Waals surface area contributed by atoms with E-state index in [2.05, 4.69) is 11.4 Å². The summed E-state index contributed by atoms with van der Waals surface area (Å²) in [6.45, 7) is 6.82. The van der Waals surface area contributed by atoms with Crippen LogP contribution in [0.3, 0.4) is 0 Å². The molecule has 2 rings (SSSR count). The summed E-state index contributed by atoms with van der Waals surface area (Å²) in [4.78, 5) is 12.3. The van der Waals surface area contributed by atoms with Crippen molar-refractivity contribution in [1.29, 1.82) is 0 Å². The molecule has 1 unspecified atom stereocenters. The molecular formula is C21H27NO4. The number of carbonyl (C=O) groups excluding carboxylic acids is 1. The fourth-order valence-electron chi connectivity index (χ4n) is 2.61. The van der Waals surface area contributed by atoms with Crippen molar-refractivity contribution in [2.24, 2.45) is 0 Å². The molecule has 1 atom stereocenters. The van der Waals surface area contributed by atoms with Crippen LogP contribution in [0.2, 0.25) is 0 Å². The molecule has 1 amide bonds. The molecule has 26 heavy (non-hydrogen) atoms. The van der Waals surface area contributed by atoms with Gasteiger partial charge in [0.25, 0.3) is 5.91 Å². The van der Waals surface area contributed by atoms with Crippen molar-refractivity contribution in [1.82, 2.24) is 5.32 Å². The van der Waals surface area contributed by atoms with Gasteiger partial charge in [-0.2, -0.15) is 0 Å². The van der Waals surface area contributed by atoms with Gasteiger partial charge in [-0.15, -0.1) is 0 Å². The van der Waals surface area contributed by atoms with Gasteiger partial charge < -0.3 is 19.5 Å². The number of hydrogen-bond acceptors (Lipinski definition) is 4. The lowest BCUT2D eigenvalue weighted by Crippen LogP contribution is -2.39. The fraction of sp³-hybridized carbons (Fsp3) is 0.381. The van der Waals surface area contributed by atoms with E-state index >= 15 is 0 Å². The third kappa shape index (κ3) is 5.99. The minimum absolute atomic E-state index is 0.146. The summed E-state index contributed by atoms with van der Waals surface area (Å²) in [5.74, 6) is 2.06. The van der Waals surface area contributed by atoms with Crippen molar-refractivity contribution in [2.75, 3.05) is 20.3 Å². The number of ether oxygens (including phenoxy) is 3. The summed E-state index contributed by atoms with van der Waals surface area (Å²) >= 11 is 0. The van der Waals surface area contributed by atoms with Crippen molar-refractivity contribution in [3.8, 4) is 17.2 Å². The first kappa shape index (κ1) is 19.6. The molecule has 0 heterocycles. The summed E-state index contributed by atoms with van der Waals surface area (Å²) in [6.07, 6.45) is 0.0418. The second-order valence-electron chi connectivity index (χ2n) is 6.15. The van der Waals surface area contributed by atoms with Crippen molar-refractivity contribution in [3.05, 3.63) is 53.6 Å². The molecule has 0 spiro atoms. The Morgan fingerprint density at radius 1 is 1.00 bits per heavy atom. The quantitative estimate of drug-likeness (QED) is 0.696. The summed E-state index contributed by atoms with van der Waals surface area (Å²) in [6, 6.07) is 13.2. The zero-order chi connectivity index (χ0) is 18.9. The van der Waals surface area contributed by atoms with E-state index in [1.54, 1.807) is 31.4 Å². The Morgan fingerprint density at radius 2 is 1.62 bits per heavy atom. The summed E-state index contributed by atoms with van der Waals surface area (Å²) < 4.78 is 16.6. The molecule has 5 nitrogen and oxygen atoms in total. The first-order valence-corrected chi connectivity index (χ1v) is 8.81. The number of hydrogen-bond donors (Lipinski definition) is 1. The highest BCUT2D eigenvalue weighted by atomic mass is 16.5. The van der Waals surface area contributed by atoms with Crippen LogP contribution in [0.25, 0.3) is 0 Å². The van der Waals surface area contributed by atoms with Crippen LogP contribution in [0.4, 0.5) is 0 Å². The van der Waals surface area contributed by atoms with E-state index in [0.717, 1.165) is 22.6 Å². The Balaban J connectivity index is 1.79. The molecule has 0 bridgehead atoms. The fourth-order valence-corrected chi connectivity index (χ4v) is 2.61. The third-order valence-electron chi connectivity index (χ3n) is 3.87. The van der Waals surface area contributed by atoms with Gasteiger partial charge in [0.1, 0.15) is 23.9 Å². The van der Waals surface area contributed by atoms with Gasteiger partial charge >= 0.3 is 0 Å². The van der Waals surface area contributed by atoms with Crippen LogP contribution in [0.1, 0.15) is 24.5 Å². The average molecular weight is 357 g/mol. The standard InChI is InChI=1S/C21H27NO4/c1-5-20(26-18-8-6-17(24-4)7-9-18)21(23)22-10-11-25-19-13-15(2)12-16(3)14-19/h6-9,12-14,20H,5,10-11H2,1-4H3,(H,22,23). The van der Waals surface area contributed by atoms with Crippen LogP contribution in [0.15, 0.2) is 42.5 Å². The first-order valence-electron chi connectivity index (χ1n) is 8.81. The van der Waals surface area contributed by atoms with E-state index in [-0.39, 0.29) is 5.91 Å². The minimum atomic E-state index is -0.537. The molecule has 0 saturated heterocycles. The van der Waals surface area contributed by atoms with Crippen LogP contribution in [0, 0.1) is 13.8 Å². The monoisotopic (exact) mass is 357 g/mol. The van der Waals surface area contributed by atoms with Gasteiger partial charge in [0.05, 0.1) is 13.7 Å². The molecule has 1 N–H and O–H groups in total. The van der Waals surface area contributed by atoms with Crippen molar-refractivity contribution >= 4 is 5.91 Å². The van der Waals surface area contributed by atoms with Gasteiger partial charge in [0.15, 0.2) is 6.10 Å². The molecule has 0 aliphatic carbocycles. The molecule has 140 valence electrons. The lowest BCUT2D eigenvalue weighted by Gasteiger charge is -2.17. The predicted octanol–water partition coefficient (Wildman–Crippen LogP) is 3.66. The normalized spacial score (nSPS) is 11.5. The van der Waals surface area contributed by atoms with Crippen LogP contribution in [-0.2, 0) is 4.79 Å². The summed E-state index contributed by atoms with van der Waals surface area (Å²) in [7, 11) is 1.61. The van der Waals surface area contributed by atoms with Crippen molar-refractivity contribution in [3.63, 3.8) is 0 Å². The van der Waals surface area contributed by atoms with Gasteiger partial charge in [-0.3, -0.25) is 4.79 Å². The Bertz CT molecular complexity index is 692. The van der Waals surface area contributed by atoms with E-state index in [1.807, 2.05) is 32.9 Å². The van der Waals surface area contributed by atoms with E-state index in [0.29, 0.717) is 25.3 Å².